The summed E-state index contributed by atoms with van der Waals surface area (Å²) in [7, 11) is 1.51. The van der Waals surface area contributed by atoms with Gasteiger partial charge in [-0.1, -0.05) is 11.6 Å². The Balaban J connectivity index is 1.05. The van der Waals surface area contributed by atoms with E-state index in [4.69, 9.17) is 16.3 Å². The largest absolute Gasteiger partial charge is 0.481 e. The second-order valence-corrected chi connectivity index (χ2v) is 9.41. The summed E-state index contributed by atoms with van der Waals surface area (Å²) in [5.41, 5.74) is 3.23. The van der Waals surface area contributed by atoms with Crippen LogP contribution in [-0.2, 0) is 0 Å². The number of methoxy groups -OCH3 is 1. The zero-order valence-corrected chi connectivity index (χ0v) is 20.0. The van der Waals surface area contributed by atoms with Gasteiger partial charge in [-0.2, -0.15) is 5.10 Å². The number of aromatic amines is 1. The van der Waals surface area contributed by atoms with Gasteiger partial charge >= 0.3 is 0 Å². The maximum atomic E-state index is 12.9. The van der Waals surface area contributed by atoms with Crippen LogP contribution in [-0.4, -0.2) is 84.8 Å². The van der Waals surface area contributed by atoms with Gasteiger partial charge in [0.1, 0.15) is 17.1 Å². The van der Waals surface area contributed by atoms with Crippen molar-refractivity contribution in [1.82, 2.24) is 39.5 Å². The lowest BCUT2D eigenvalue weighted by Crippen LogP contribution is -2.56. The average Bonchev–Trinajstić information content (AvgIpc) is 3.52. The predicted octanol–water partition coefficient (Wildman–Crippen LogP) is 3.04. The summed E-state index contributed by atoms with van der Waals surface area (Å²) in [5, 5.41) is 5.87. The number of nitrogens with one attached hydrogen (secondary N) is 1. The number of nitrogens with zero attached hydrogens (tertiary/aromatic N) is 7. The second kappa shape index (κ2) is 8.94. The van der Waals surface area contributed by atoms with Crippen LogP contribution in [0.3, 0.4) is 0 Å². The number of pyridine rings is 1. The number of carbonyl (C=O) groups is 1. The first-order valence-electron chi connectivity index (χ1n) is 11.7. The molecule has 0 aliphatic carbocycles. The SMILES string of the molecule is COc1cc(C(=O)N2CCC(N3CC(n4cc(-c5ncnc6[nH]ccc56)cn4)C3)CC2)cc(Cl)n1. The topological polar surface area (TPSA) is 105 Å². The number of halogens is 1. The molecule has 0 atom stereocenters. The molecule has 0 radical (unpaired) electrons. The molecular formula is C24H25ClN8O2. The van der Waals surface area contributed by atoms with Gasteiger partial charge in [0.2, 0.25) is 5.88 Å². The third-order valence-corrected chi connectivity index (χ3v) is 7.18. The lowest BCUT2D eigenvalue weighted by atomic mass is 9.97. The monoisotopic (exact) mass is 492 g/mol. The molecule has 2 saturated heterocycles. The van der Waals surface area contributed by atoms with Gasteiger partial charge in [0.25, 0.3) is 5.91 Å². The van der Waals surface area contributed by atoms with Crippen molar-refractivity contribution < 1.29 is 9.53 Å². The highest BCUT2D eigenvalue weighted by atomic mass is 35.5. The molecule has 35 heavy (non-hydrogen) atoms. The Morgan fingerprint density at radius 1 is 1.17 bits per heavy atom. The van der Waals surface area contributed by atoms with Crippen LogP contribution in [0, 0.1) is 0 Å². The molecule has 1 N–H and O–H groups in total. The molecule has 10 nitrogen and oxygen atoms in total. The highest BCUT2D eigenvalue weighted by molar-refractivity contribution is 6.29. The summed E-state index contributed by atoms with van der Waals surface area (Å²) >= 11 is 6.04. The molecule has 0 unspecified atom stereocenters. The normalized spacial score (nSPS) is 17.6. The van der Waals surface area contributed by atoms with E-state index in [1.807, 2.05) is 28.0 Å². The number of fused-ring (bicyclic) bond motifs is 1. The second-order valence-electron chi connectivity index (χ2n) is 9.02. The lowest BCUT2D eigenvalue weighted by molar-refractivity contribution is 0.0198. The Labute approximate surface area is 206 Å². The van der Waals surface area contributed by atoms with E-state index in [2.05, 4.69) is 36.1 Å². The Bertz CT molecular complexity index is 1370. The van der Waals surface area contributed by atoms with E-state index >= 15 is 0 Å². The van der Waals surface area contributed by atoms with Gasteiger partial charge in [-0.3, -0.25) is 14.4 Å². The van der Waals surface area contributed by atoms with Crippen molar-refractivity contribution in [3.63, 3.8) is 0 Å². The summed E-state index contributed by atoms with van der Waals surface area (Å²) in [6.45, 7) is 3.36. The molecule has 0 bridgehead atoms. The first-order chi connectivity index (χ1) is 17.1. The van der Waals surface area contributed by atoms with Crippen LogP contribution in [0.1, 0.15) is 29.2 Å². The van der Waals surface area contributed by atoms with Crippen molar-refractivity contribution in [2.75, 3.05) is 33.3 Å². The zero-order chi connectivity index (χ0) is 23.9. The fourth-order valence-corrected chi connectivity index (χ4v) is 5.23. The van der Waals surface area contributed by atoms with Gasteiger partial charge in [-0.05, 0) is 25.0 Å². The fourth-order valence-electron chi connectivity index (χ4n) is 5.03. The summed E-state index contributed by atoms with van der Waals surface area (Å²) in [5.74, 6) is 0.319. The Kier molecular flexibility index (Phi) is 5.62. The summed E-state index contributed by atoms with van der Waals surface area (Å²) in [6, 6.07) is 6.05. The number of ether oxygens (including phenoxy) is 1. The van der Waals surface area contributed by atoms with Crippen LogP contribution in [0.5, 0.6) is 5.88 Å². The molecule has 11 heteroatoms. The molecule has 2 aliphatic rings. The molecule has 180 valence electrons. The van der Waals surface area contributed by atoms with E-state index in [0.29, 0.717) is 23.5 Å². The third-order valence-electron chi connectivity index (χ3n) is 6.99. The van der Waals surface area contributed by atoms with E-state index < -0.39 is 0 Å². The van der Waals surface area contributed by atoms with Crippen molar-refractivity contribution in [3.8, 4) is 17.1 Å². The molecule has 0 aromatic carbocycles. The lowest BCUT2D eigenvalue weighted by Gasteiger charge is -2.47. The van der Waals surface area contributed by atoms with Crippen LogP contribution in [0.15, 0.2) is 43.1 Å². The minimum atomic E-state index is -0.0298. The number of rotatable bonds is 5. The van der Waals surface area contributed by atoms with Gasteiger partial charge in [-0.15, -0.1) is 0 Å². The Morgan fingerprint density at radius 3 is 2.80 bits per heavy atom. The van der Waals surface area contributed by atoms with Gasteiger partial charge in [-0.25, -0.2) is 15.0 Å². The van der Waals surface area contributed by atoms with Crippen molar-refractivity contribution in [2.24, 2.45) is 0 Å². The molecule has 6 rings (SSSR count). The van der Waals surface area contributed by atoms with Crippen molar-refractivity contribution >= 4 is 28.5 Å². The molecule has 4 aromatic rings. The number of hydrogen-bond donors (Lipinski definition) is 1. The summed E-state index contributed by atoms with van der Waals surface area (Å²) in [6.07, 6.45) is 9.30. The van der Waals surface area contributed by atoms with Crippen molar-refractivity contribution in [3.05, 3.63) is 53.8 Å². The van der Waals surface area contributed by atoms with E-state index in [9.17, 15) is 4.79 Å². The number of H-pyrrole nitrogens is 1. The maximum absolute atomic E-state index is 12.9. The molecule has 2 aliphatic heterocycles. The molecule has 4 aromatic heterocycles. The Morgan fingerprint density at radius 2 is 2.00 bits per heavy atom. The fraction of sp³-hybridized carbons (Fsp3) is 0.375. The van der Waals surface area contributed by atoms with Crippen LogP contribution in [0.4, 0.5) is 0 Å². The third kappa shape index (κ3) is 4.12. The highest BCUT2D eigenvalue weighted by Crippen LogP contribution is 2.31. The molecular weight excluding hydrogens is 468 g/mol. The minimum Gasteiger partial charge on any atom is -0.481 e. The highest BCUT2D eigenvalue weighted by Gasteiger charge is 2.36. The predicted molar refractivity (Wildman–Crippen MR) is 130 cm³/mol. The van der Waals surface area contributed by atoms with E-state index in [-0.39, 0.29) is 11.1 Å². The zero-order valence-electron chi connectivity index (χ0n) is 19.3. The Hall–Kier alpha value is -3.50. The first kappa shape index (κ1) is 22.0. The van der Waals surface area contributed by atoms with Gasteiger partial charge in [0.15, 0.2) is 0 Å². The number of hydrogen-bond acceptors (Lipinski definition) is 7. The summed E-state index contributed by atoms with van der Waals surface area (Å²) in [4.78, 5) is 33.2. The minimum absolute atomic E-state index is 0.0298. The summed E-state index contributed by atoms with van der Waals surface area (Å²) < 4.78 is 7.19. The van der Waals surface area contributed by atoms with Crippen LogP contribution < -0.4 is 4.74 Å². The van der Waals surface area contributed by atoms with Crippen LogP contribution in [0.2, 0.25) is 5.15 Å². The molecule has 6 heterocycles. The van der Waals surface area contributed by atoms with Gasteiger partial charge in [0.05, 0.1) is 25.0 Å². The van der Waals surface area contributed by atoms with E-state index in [1.165, 1.54) is 7.11 Å². The number of amides is 1. The van der Waals surface area contributed by atoms with E-state index in [1.54, 1.807) is 18.5 Å². The van der Waals surface area contributed by atoms with Crippen LogP contribution >= 0.6 is 11.6 Å². The quantitative estimate of drug-likeness (QED) is 0.427. The van der Waals surface area contributed by atoms with Gasteiger partial charge < -0.3 is 14.6 Å². The number of carbonyl (C=O) groups excluding carboxylic acids is 1. The molecule has 0 spiro atoms. The average molecular weight is 493 g/mol. The number of aromatic nitrogens is 6. The molecule has 2 fully saturated rings. The standard InChI is InChI=1S/C24H25ClN8O2/c1-35-21-9-15(8-20(25)30-21)24(34)31-6-3-17(4-7-31)32-12-18(13-32)33-11-16(10-29-33)22-19-2-5-26-23(19)28-14-27-22/h2,5,8-11,14,17-18H,3-4,6-7,12-13H2,1H3,(H,26,27,28). The molecule has 0 saturated carbocycles. The van der Waals surface area contributed by atoms with Gasteiger partial charge in [0, 0.05) is 67.2 Å². The maximum Gasteiger partial charge on any atom is 0.254 e. The van der Waals surface area contributed by atoms with Crippen LogP contribution in [0.25, 0.3) is 22.3 Å². The number of likely N-dealkylation sites (tertiary alicyclic amines) is 2. The molecule has 1 amide bonds. The smallest absolute Gasteiger partial charge is 0.254 e. The first-order valence-corrected chi connectivity index (χ1v) is 12.0. The van der Waals surface area contributed by atoms with Crippen molar-refractivity contribution in [1.29, 1.82) is 0 Å². The number of piperidine rings is 1. The van der Waals surface area contributed by atoms with E-state index in [0.717, 1.165) is 61.3 Å². The van der Waals surface area contributed by atoms with Crippen molar-refractivity contribution in [2.45, 2.75) is 24.9 Å².